The van der Waals surface area contributed by atoms with Crippen molar-refractivity contribution >= 4 is 35.9 Å². The molecule has 0 aromatic carbocycles. The number of rotatable bonds is 8. The van der Waals surface area contributed by atoms with Crippen molar-refractivity contribution in [1.82, 2.24) is 20.9 Å². The van der Waals surface area contributed by atoms with Crippen LogP contribution in [0.3, 0.4) is 0 Å². The number of hydrogen-bond acceptors (Lipinski definition) is 5. The van der Waals surface area contributed by atoms with Crippen LogP contribution in [0.4, 0.5) is 5.82 Å². The molecule has 3 N–H and O–H groups in total. The summed E-state index contributed by atoms with van der Waals surface area (Å²) in [6.45, 7) is 5.99. The molecule has 1 aliphatic heterocycles. The third-order valence-corrected chi connectivity index (χ3v) is 4.75. The Morgan fingerprint density at radius 2 is 2.00 bits per heavy atom. The van der Waals surface area contributed by atoms with Crippen LogP contribution in [-0.2, 0) is 20.8 Å². The molecular formula is C19H30ClN5O3. The molecule has 0 bridgehead atoms. The fraction of sp³-hybridized carbons (Fsp3) is 0.579. The molecule has 1 aromatic rings. The van der Waals surface area contributed by atoms with E-state index in [0.29, 0.717) is 31.7 Å². The van der Waals surface area contributed by atoms with Crippen molar-refractivity contribution in [2.45, 2.75) is 45.7 Å². The minimum absolute atomic E-state index is 0. The minimum atomic E-state index is -0.274. The van der Waals surface area contributed by atoms with Gasteiger partial charge in [0.05, 0.1) is 12.1 Å². The van der Waals surface area contributed by atoms with Gasteiger partial charge < -0.3 is 16.0 Å². The molecular weight excluding hydrogens is 382 g/mol. The maximum absolute atomic E-state index is 13.0. The molecule has 3 amide bonds. The zero-order valence-electron chi connectivity index (χ0n) is 16.8. The molecule has 28 heavy (non-hydrogen) atoms. The number of pyridine rings is 1. The smallest absolute Gasteiger partial charge is 0.236 e. The van der Waals surface area contributed by atoms with Gasteiger partial charge in [0.15, 0.2) is 0 Å². The van der Waals surface area contributed by atoms with Gasteiger partial charge in [0, 0.05) is 32.6 Å². The van der Waals surface area contributed by atoms with E-state index in [1.54, 1.807) is 25.1 Å². The number of amides is 3. The first kappa shape index (κ1) is 23.8. The van der Waals surface area contributed by atoms with Gasteiger partial charge in [-0.15, -0.1) is 12.4 Å². The first-order valence-corrected chi connectivity index (χ1v) is 9.28. The van der Waals surface area contributed by atoms with Crippen molar-refractivity contribution in [2.24, 2.45) is 5.92 Å². The number of halogens is 1. The van der Waals surface area contributed by atoms with Gasteiger partial charge in [-0.1, -0.05) is 13.0 Å². The summed E-state index contributed by atoms with van der Waals surface area (Å²) in [6.07, 6.45) is 2.63. The van der Waals surface area contributed by atoms with Crippen molar-refractivity contribution in [3.63, 3.8) is 0 Å². The maximum Gasteiger partial charge on any atom is 0.236 e. The molecule has 1 aromatic heterocycles. The fourth-order valence-electron chi connectivity index (χ4n) is 3.10. The predicted molar refractivity (Wildman–Crippen MR) is 110 cm³/mol. The fourth-order valence-corrected chi connectivity index (χ4v) is 3.10. The summed E-state index contributed by atoms with van der Waals surface area (Å²) >= 11 is 0. The van der Waals surface area contributed by atoms with Gasteiger partial charge in [0.1, 0.15) is 5.82 Å². The van der Waals surface area contributed by atoms with Gasteiger partial charge >= 0.3 is 0 Å². The molecule has 1 unspecified atom stereocenters. The number of anilines is 1. The van der Waals surface area contributed by atoms with Crippen LogP contribution in [0.15, 0.2) is 18.3 Å². The highest BCUT2D eigenvalue weighted by molar-refractivity contribution is 5.95. The Bertz CT molecular complexity index is 700. The first-order valence-electron chi connectivity index (χ1n) is 9.28. The van der Waals surface area contributed by atoms with Crippen LogP contribution in [0.2, 0.25) is 0 Å². The molecule has 0 spiro atoms. The lowest BCUT2D eigenvalue weighted by Gasteiger charge is -2.26. The van der Waals surface area contributed by atoms with Gasteiger partial charge in [-0.25, -0.2) is 4.98 Å². The Labute approximate surface area is 172 Å². The molecule has 2 heterocycles. The zero-order valence-corrected chi connectivity index (χ0v) is 17.6. The number of carbonyl (C=O) groups is 3. The van der Waals surface area contributed by atoms with Gasteiger partial charge in [0.25, 0.3) is 0 Å². The molecule has 8 nitrogen and oxygen atoms in total. The third-order valence-electron chi connectivity index (χ3n) is 4.75. The molecule has 0 radical (unpaired) electrons. The van der Waals surface area contributed by atoms with Crippen molar-refractivity contribution in [3.05, 3.63) is 23.9 Å². The average molecular weight is 412 g/mol. The van der Waals surface area contributed by atoms with Crippen LogP contribution in [0.25, 0.3) is 0 Å². The van der Waals surface area contributed by atoms with E-state index in [4.69, 9.17) is 0 Å². The Hall–Kier alpha value is -2.19. The lowest BCUT2D eigenvalue weighted by molar-refractivity contribution is -0.123. The molecule has 0 aliphatic carbocycles. The molecule has 1 aliphatic rings. The van der Waals surface area contributed by atoms with Gasteiger partial charge in [-0.2, -0.15) is 0 Å². The number of carbonyl (C=O) groups excluding carboxylic acids is 3. The number of aromatic nitrogens is 1. The molecule has 0 saturated heterocycles. The number of nitrogens with zero attached hydrogens (tertiary/aromatic N) is 2. The largest absolute Gasteiger partial charge is 0.354 e. The van der Waals surface area contributed by atoms with Crippen LogP contribution in [0.1, 0.15) is 32.8 Å². The van der Waals surface area contributed by atoms with Crippen LogP contribution >= 0.6 is 12.4 Å². The van der Waals surface area contributed by atoms with Gasteiger partial charge in [0.2, 0.25) is 17.7 Å². The topological polar surface area (TPSA) is 103 Å². The van der Waals surface area contributed by atoms with Gasteiger partial charge in [-0.3, -0.25) is 19.3 Å². The van der Waals surface area contributed by atoms with Crippen molar-refractivity contribution < 1.29 is 14.4 Å². The first-order chi connectivity index (χ1) is 12.8. The average Bonchev–Trinajstić information content (AvgIpc) is 3.02. The number of fused-ring (bicyclic) bond motifs is 1. The van der Waals surface area contributed by atoms with E-state index in [9.17, 15) is 14.4 Å². The Kier molecular flexibility index (Phi) is 9.34. The van der Waals surface area contributed by atoms with Crippen molar-refractivity contribution in [3.8, 4) is 0 Å². The van der Waals surface area contributed by atoms with Crippen LogP contribution in [-0.4, -0.2) is 54.9 Å². The summed E-state index contributed by atoms with van der Waals surface area (Å²) in [5, 5.41) is 8.53. The van der Waals surface area contributed by atoms with E-state index in [2.05, 4.69) is 20.9 Å². The Morgan fingerprint density at radius 3 is 2.64 bits per heavy atom. The number of likely N-dealkylation sites (N-methyl/N-ethyl adjacent to an activating group) is 1. The molecule has 0 fully saturated rings. The highest BCUT2D eigenvalue weighted by Crippen LogP contribution is 2.30. The standard InChI is InChI=1S/C19H29N5O3.ClH/c1-12(10-23-19(27)13(2)20-4)8-17(26)24-16(11-22-14(3)25)9-15-6-5-7-21-18(15)24;/h5-7,12-13,16,20H,8-11H2,1-4H3,(H,22,25)(H,23,27);1H/t12-,13-,16?;/m0./s1. The summed E-state index contributed by atoms with van der Waals surface area (Å²) in [7, 11) is 1.73. The second-order valence-corrected chi connectivity index (χ2v) is 7.11. The van der Waals surface area contributed by atoms with E-state index in [1.807, 2.05) is 19.1 Å². The van der Waals surface area contributed by atoms with E-state index in [-0.39, 0.29) is 48.1 Å². The summed E-state index contributed by atoms with van der Waals surface area (Å²) < 4.78 is 0. The minimum Gasteiger partial charge on any atom is -0.354 e. The number of hydrogen-bond donors (Lipinski definition) is 3. The maximum atomic E-state index is 13.0. The van der Waals surface area contributed by atoms with E-state index in [0.717, 1.165) is 5.56 Å². The van der Waals surface area contributed by atoms with Crippen LogP contribution in [0.5, 0.6) is 0 Å². The normalized spacial score (nSPS) is 17.1. The van der Waals surface area contributed by atoms with E-state index >= 15 is 0 Å². The Morgan fingerprint density at radius 1 is 1.29 bits per heavy atom. The van der Waals surface area contributed by atoms with Crippen molar-refractivity contribution in [1.29, 1.82) is 0 Å². The second kappa shape index (κ2) is 11.0. The molecule has 0 saturated carbocycles. The third kappa shape index (κ3) is 6.17. The summed E-state index contributed by atoms with van der Waals surface area (Å²) in [5.74, 6) is 0.387. The highest BCUT2D eigenvalue weighted by atomic mass is 35.5. The molecule has 9 heteroatoms. The van der Waals surface area contributed by atoms with Crippen LogP contribution in [0, 0.1) is 5.92 Å². The lowest BCUT2D eigenvalue weighted by atomic mass is 10.1. The van der Waals surface area contributed by atoms with E-state index < -0.39 is 0 Å². The molecule has 156 valence electrons. The predicted octanol–water partition coefficient (Wildman–Crippen LogP) is 0.648. The molecule has 2 rings (SSSR count). The quantitative estimate of drug-likeness (QED) is 0.582. The Balaban J connectivity index is 0.00000392. The number of nitrogens with one attached hydrogen (secondary N) is 3. The van der Waals surface area contributed by atoms with Crippen LogP contribution < -0.4 is 20.9 Å². The monoisotopic (exact) mass is 411 g/mol. The van der Waals surface area contributed by atoms with Gasteiger partial charge in [-0.05, 0) is 37.9 Å². The summed E-state index contributed by atoms with van der Waals surface area (Å²) in [6, 6.07) is 3.39. The molecule has 3 atom stereocenters. The lowest BCUT2D eigenvalue weighted by Crippen LogP contribution is -2.46. The summed E-state index contributed by atoms with van der Waals surface area (Å²) in [4.78, 5) is 42.2. The zero-order chi connectivity index (χ0) is 20.0. The second-order valence-electron chi connectivity index (χ2n) is 7.11. The SMILES string of the molecule is CN[C@@H](C)C(=O)NC[C@@H](C)CC(=O)N1c2ncccc2CC1CNC(C)=O.Cl. The highest BCUT2D eigenvalue weighted by Gasteiger charge is 2.35. The van der Waals surface area contributed by atoms with E-state index in [1.165, 1.54) is 6.92 Å². The van der Waals surface area contributed by atoms with Crippen molar-refractivity contribution in [2.75, 3.05) is 25.0 Å². The summed E-state index contributed by atoms with van der Waals surface area (Å²) in [5.41, 5.74) is 1.00.